The molecule has 16 heavy (non-hydrogen) atoms. The highest BCUT2D eigenvalue weighted by Crippen LogP contribution is 2.28. The van der Waals surface area contributed by atoms with Gasteiger partial charge in [-0.3, -0.25) is 0 Å². The van der Waals surface area contributed by atoms with Crippen molar-refractivity contribution < 1.29 is 4.74 Å². The first-order chi connectivity index (χ1) is 7.68. The molecular weight excluding hydrogens is 336 g/mol. The highest BCUT2D eigenvalue weighted by atomic mass is 127. The number of nitrogens with two attached hydrogens (primary N) is 1. The molecule has 0 fully saturated rings. The molecule has 2 N–H and O–H groups in total. The number of hydrogen-bond donors (Lipinski definition) is 1. The van der Waals surface area contributed by atoms with Crippen LogP contribution in [0.15, 0.2) is 30.0 Å². The van der Waals surface area contributed by atoms with E-state index in [0.29, 0.717) is 0 Å². The van der Waals surface area contributed by atoms with E-state index in [1.54, 1.807) is 6.26 Å². The number of halogens is 2. The molecule has 2 nitrogen and oxygen atoms in total. The van der Waals surface area contributed by atoms with Crippen LogP contribution < -0.4 is 5.73 Å². The molecule has 0 aromatic heterocycles. The average molecular weight is 350 g/mol. The van der Waals surface area contributed by atoms with Crippen LogP contribution in [0.5, 0.6) is 0 Å². The maximum absolute atomic E-state index is 6.18. The van der Waals surface area contributed by atoms with Crippen molar-refractivity contribution in [1.82, 2.24) is 0 Å². The van der Waals surface area contributed by atoms with E-state index in [-0.39, 0.29) is 6.04 Å². The van der Waals surface area contributed by atoms with Gasteiger partial charge in [-0.05, 0) is 58.7 Å². The van der Waals surface area contributed by atoms with E-state index < -0.39 is 0 Å². The Morgan fingerprint density at radius 3 is 2.88 bits per heavy atom. The quantitative estimate of drug-likeness (QED) is 0.827. The molecule has 1 unspecified atom stereocenters. The normalized spacial score (nSPS) is 17.6. The van der Waals surface area contributed by atoms with Crippen LogP contribution in [0, 0.1) is 3.57 Å². The highest BCUT2D eigenvalue weighted by Gasteiger charge is 2.15. The van der Waals surface area contributed by atoms with Crippen LogP contribution in [0.25, 0.3) is 0 Å². The van der Waals surface area contributed by atoms with Gasteiger partial charge in [0.05, 0.1) is 23.9 Å². The zero-order valence-corrected chi connectivity index (χ0v) is 11.7. The van der Waals surface area contributed by atoms with Crippen LogP contribution in [0.3, 0.4) is 0 Å². The van der Waals surface area contributed by atoms with Gasteiger partial charge in [-0.15, -0.1) is 0 Å². The predicted molar refractivity (Wildman–Crippen MR) is 74.4 cm³/mol. The third kappa shape index (κ3) is 2.70. The third-order valence-electron chi connectivity index (χ3n) is 2.66. The molecule has 1 heterocycles. The minimum Gasteiger partial charge on any atom is -0.501 e. The van der Waals surface area contributed by atoms with Gasteiger partial charge in [-0.2, -0.15) is 0 Å². The van der Waals surface area contributed by atoms with Crippen molar-refractivity contribution in [2.75, 3.05) is 6.61 Å². The van der Waals surface area contributed by atoms with Crippen LogP contribution >= 0.6 is 34.2 Å². The van der Waals surface area contributed by atoms with Crippen LogP contribution in [0.1, 0.15) is 24.4 Å². The van der Waals surface area contributed by atoms with Crippen LogP contribution in [0.4, 0.5) is 0 Å². The molecule has 86 valence electrons. The van der Waals surface area contributed by atoms with Gasteiger partial charge in [0.2, 0.25) is 0 Å². The van der Waals surface area contributed by atoms with Crippen molar-refractivity contribution in [3.05, 3.63) is 44.2 Å². The summed E-state index contributed by atoms with van der Waals surface area (Å²) in [5.74, 6) is 0. The van der Waals surface area contributed by atoms with E-state index >= 15 is 0 Å². The Hall–Kier alpha value is -0.260. The average Bonchev–Trinajstić information content (AvgIpc) is 2.33. The Morgan fingerprint density at radius 2 is 2.25 bits per heavy atom. The van der Waals surface area contributed by atoms with Crippen molar-refractivity contribution in [2.24, 2.45) is 5.73 Å². The fraction of sp³-hybridized carbons (Fsp3) is 0.333. The monoisotopic (exact) mass is 349 g/mol. The number of ether oxygens (including phenoxy) is 1. The van der Waals surface area contributed by atoms with Crippen LogP contribution in [-0.2, 0) is 4.74 Å². The Labute approximate surface area is 114 Å². The Morgan fingerprint density at radius 1 is 1.44 bits per heavy atom. The molecule has 0 aliphatic carbocycles. The fourth-order valence-corrected chi connectivity index (χ4v) is 2.26. The highest BCUT2D eigenvalue weighted by molar-refractivity contribution is 14.1. The summed E-state index contributed by atoms with van der Waals surface area (Å²) in [6, 6.07) is 5.84. The molecule has 1 aliphatic rings. The van der Waals surface area contributed by atoms with Gasteiger partial charge in [0, 0.05) is 3.57 Å². The van der Waals surface area contributed by atoms with E-state index in [0.717, 1.165) is 39.2 Å². The lowest BCUT2D eigenvalue weighted by Crippen LogP contribution is -2.16. The van der Waals surface area contributed by atoms with Gasteiger partial charge in [0.1, 0.15) is 0 Å². The second kappa shape index (κ2) is 5.38. The minimum atomic E-state index is -0.102. The molecule has 4 heteroatoms. The second-order valence-corrected chi connectivity index (χ2v) is 5.39. The molecule has 0 saturated carbocycles. The van der Waals surface area contributed by atoms with Crippen molar-refractivity contribution in [1.29, 1.82) is 0 Å². The number of benzene rings is 1. The van der Waals surface area contributed by atoms with Gasteiger partial charge < -0.3 is 10.5 Å². The molecular formula is C12H13ClINO. The fourth-order valence-electron chi connectivity index (χ4n) is 1.73. The lowest BCUT2D eigenvalue weighted by Gasteiger charge is -2.20. The molecule has 0 radical (unpaired) electrons. The first kappa shape index (κ1) is 12.2. The third-order valence-corrected chi connectivity index (χ3v) is 4.24. The molecule has 0 bridgehead atoms. The van der Waals surface area contributed by atoms with Crippen molar-refractivity contribution in [3.63, 3.8) is 0 Å². The van der Waals surface area contributed by atoms with Gasteiger partial charge in [-0.1, -0.05) is 17.7 Å². The van der Waals surface area contributed by atoms with Crippen LogP contribution in [-0.4, -0.2) is 6.61 Å². The SMILES string of the molecule is NC(C1=COCCC1)c1ccc(I)c(Cl)c1. The summed E-state index contributed by atoms with van der Waals surface area (Å²) in [7, 11) is 0. The van der Waals surface area contributed by atoms with E-state index in [4.69, 9.17) is 22.1 Å². The van der Waals surface area contributed by atoms with E-state index in [2.05, 4.69) is 22.6 Å². The minimum absolute atomic E-state index is 0.102. The lowest BCUT2D eigenvalue weighted by molar-refractivity contribution is 0.221. The summed E-state index contributed by atoms with van der Waals surface area (Å²) < 4.78 is 6.35. The molecule has 1 aliphatic heterocycles. The summed E-state index contributed by atoms with van der Waals surface area (Å²) >= 11 is 8.29. The summed E-state index contributed by atoms with van der Waals surface area (Å²) in [5.41, 5.74) is 8.37. The summed E-state index contributed by atoms with van der Waals surface area (Å²) in [6.07, 6.45) is 3.84. The van der Waals surface area contributed by atoms with E-state index in [1.165, 1.54) is 0 Å². The maximum atomic E-state index is 6.18. The topological polar surface area (TPSA) is 35.2 Å². The van der Waals surface area contributed by atoms with Crippen molar-refractivity contribution in [3.8, 4) is 0 Å². The Kier molecular flexibility index (Phi) is 4.10. The largest absolute Gasteiger partial charge is 0.501 e. The predicted octanol–water partition coefficient (Wildman–Crippen LogP) is 3.64. The number of hydrogen-bond acceptors (Lipinski definition) is 2. The van der Waals surface area contributed by atoms with E-state index in [1.807, 2.05) is 18.2 Å². The van der Waals surface area contributed by atoms with Gasteiger partial charge >= 0.3 is 0 Å². The maximum Gasteiger partial charge on any atom is 0.0876 e. The summed E-state index contributed by atoms with van der Waals surface area (Å²) in [6.45, 7) is 0.795. The van der Waals surface area contributed by atoms with Crippen molar-refractivity contribution in [2.45, 2.75) is 18.9 Å². The van der Waals surface area contributed by atoms with Gasteiger partial charge in [-0.25, -0.2) is 0 Å². The lowest BCUT2D eigenvalue weighted by atomic mass is 9.96. The molecule has 0 spiro atoms. The Bertz CT molecular complexity index is 419. The molecule has 1 atom stereocenters. The van der Waals surface area contributed by atoms with E-state index in [9.17, 15) is 0 Å². The van der Waals surface area contributed by atoms with Gasteiger partial charge in [0.25, 0.3) is 0 Å². The second-order valence-electron chi connectivity index (χ2n) is 3.82. The molecule has 1 aromatic rings. The zero-order valence-electron chi connectivity index (χ0n) is 8.75. The first-order valence-corrected chi connectivity index (χ1v) is 6.65. The Balaban J connectivity index is 2.22. The van der Waals surface area contributed by atoms with Gasteiger partial charge in [0.15, 0.2) is 0 Å². The van der Waals surface area contributed by atoms with Crippen molar-refractivity contribution >= 4 is 34.2 Å². The summed E-state index contributed by atoms with van der Waals surface area (Å²) in [5, 5.41) is 0.755. The smallest absolute Gasteiger partial charge is 0.0876 e. The molecule has 0 saturated heterocycles. The number of rotatable bonds is 2. The van der Waals surface area contributed by atoms with Crippen LogP contribution in [0.2, 0.25) is 5.02 Å². The first-order valence-electron chi connectivity index (χ1n) is 5.19. The standard InChI is InChI=1S/C12H13ClINO/c13-10-6-8(3-4-11(10)14)12(15)9-2-1-5-16-7-9/h3-4,6-7,12H,1-2,5,15H2. The molecule has 2 rings (SSSR count). The molecule has 1 aromatic carbocycles. The zero-order chi connectivity index (χ0) is 11.5. The summed E-state index contributed by atoms with van der Waals surface area (Å²) in [4.78, 5) is 0. The molecule has 0 amide bonds.